The molecule has 17 heavy (non-hydrogen) atoms. The van der Waals surface area contributed by atoms with Crippen LogP contribution in [0.25, 0.3) is 5.95 Å². The highest BCUT2D eigenvalue weighted by Crippen LogP contribution is 2.16. The lowest BCUT2D eigenvalue weighted by Gasteiger charge is -2.01. The number of aryl methyl sites for hydroxylation is 1. The van der Waals surface area contributed by atoms with Crippen LogP contribution in [0.5, 0.6) is 0 Å². The van der Waals surface area contributed by atoms with Crippen molar-refractivity contribution in [1.82, 2.24) is 19.7 Å². The maximum Gasteiger partial charge on any atom is 0.341 e. The molecule has 6 nitrogen and oxygen atoms in total. The van der Waals surface area contributed by atoms with Gasteiger partial charge in [-0.1, -0.05) is 0 Å². The van der Waals surface area contributed by atoms with Gasteiger partial charge in [0.2, 0.25) is 0 Å². The SMILES string of the molecule is COC(=O)c1c(C)nn(-c2ncccn2)c1C. The second-order valence-corrected chi connectivity index (χ2v) is 3.50. The van der Waals surface area contributed by atoms with E-state index in [9.17, 15) is 4.79 Å². The standard InChI is InChI=1S/C11H12N4O2/c1-7-9(10(16)17-3)8(2)15(14-7)11-12-5-4-6-13-11/h4-6H,1-3H3. The number of hydrogen-bond donors (Lipinski definition) is 0. The van der Waals surface area contributed by atoms with Crippen LogP contribution in [0.4, 0.5) is 0 Å². The molecule has 0 bridgehead atoms. The smallest absolute Gasteiger partial charge is 0.341 e. The topological polar surface area (TPSA) is 69.9 Å². The number of nitrogens with zero attached hydrogens (tertiary/aromatic N) is 4. The Balaban J connectivity index is 2.56. The third-order valence-electron chi connectivity index (χ3n) is 2.42. The predicted octanol–water partition coefficient (Wildman–Crippen LogP) is 1.07. The minimum Gasteiger partial charge on any atom is -0.465 e. The third-order valence-corrected chi connectivity index (χ3v) is 2.42. The van der Waals surface area contributed by atoms with Gasteiger partial charge in [0.25, 0.3) is 5.95 Å². The quantitative estimate of drug-likeness (QED) is 0.724. The summed E-state index contributed by atoms with van der Waals surface area (Å²) in [5, 5.41) is 4.24. The number of esters is 1. The van der Waals surface area contributed by atoms with Crippen molar-refractivity contribution in [2.24, 2.45) is 0 Å². The lowest BCUT2D eigenvalue weighted by molar-refractivity contribution is 0.0599. The van der Waals surface area contributed by atoms with Crippen molar-refractivity contribution >= 4 is 5.97 Å². The first-order valence-corrected chi connectivity index (χ1v) is 5.07. The van der Waals surface area contributed by atoms with Crippen LogP contribution in [0.15, 0.2) is 18.5 Å². The molecule has 0 fully saturated rings. The molecule has 2 heterocycles. The van der Waals surface area contributed by atoms with E-state index in [1.54, 1.807) is 32.3 Å². The fourth-order valence-electron chi connectivity index (χ4n) is 1.64. The number of hydrogen-bond acceptors (Lipinski definition) is 5. The Morgan fingerprint density at radius 3 is 2.53 bits per heavy atom. The van der Waals surface area contributed by atoms with Crippen LogP contribution in [0.3, 0.4) is 0 Å². The van der Waals surface area contributed by atoms with E-state index in [2.05, 4.69) is 15.1 Å². The Bertz CT molecular complexity index is 548. The Labute approximate surface area is 98.3 Å². The maximum atomic E-state index is 11.6. The van der Waals surface area contributed by atoms with Gasteiger partial charge in [0.05, 0.1) is 18.5 Å². The lowest BCUT2D eigenvalue weighted by Crippen LogP contribution is -2.07. The summed E-state index contributed by atoms with van der Waals surface area (Å²) in [6.07, 6.45) is 3.24. The normalized spacial score (nSPS) is 10.3. The van der Waals surface area contributed by atoms with Crippen LogP contribution in [-0.2, 0) is 4.74 Å². The predicted molar refractivity (Wildman–Crippen MR) is 60.0 cm³/mol. The second-order valence-electron chi connectivity index (χ2n) is 3.50. The molecule has 2 aromatic rings. The van der Waals surface area contributed by atoms with Crippen molar-refractivity contribution in [3.8, 4) is 5.95 Å². The second kappa shape index (κ2) is 4.32. The van der Waals surface area contributed by atoms with E-state index in [-0.39, 0.29) is 0 Å². The van der Waals surface area contributed by atoms with E-state index in [4.69, 9.17) is 4.74 Å². The molecule has 0 unspecified atom stereocenters. The zero-order valence-electron chi connectivity index (χ0n) is 9.84. The summed E-state index contributed by atoms with van der Waals surface area (Å²) in [5.41, 5.74) is 1.72. The minimum absolute atomic E-state index is 0.401. The van der Waals surface area contributed by atoms with Crippen LogP contribution in [0, 0.1) is 13.8 Å². The van der Waals surface area contributed by atoms with Crippen molar-refractivity contribution in [3.63, 3.8) is 0 Å². The molecule has 0 spiro atoms. The van der Waals surface area contributed by atoms with Gasteiger partial charge in [-0.3, -0.25) is 0 Å². The van der Waals surface area contributed by atoms with Crippen molar-refractivity contribution in [1.29, 1.82) is 0 Å². The summed E-state index contributed by atoms with van der Waals surface area (Å²) < 4.78 is 6.24. The molecular weight excluding hydrogens is 220 g/mol. The molecule has 0 saturated heterocycles. The summed E-state index contributed by atoms with van der Waals surface area (Å²) in [6, 6.07) is 1.72. The summed E-state index contributed by atoms with van der Waals surface area (Å²) >= 11 is 0. The van der Waals surface area contributed by atoms with Gasteiger partial charge < -0.3 is 4.74 Å². The van der Waals surface area contributed by atoms with Gasteiger partial charge in [-0.05, 0) is 19.9 Å². The average molecular weight is 232 g/mol. The zero-order chi connectivity index (χ0) is 12.4. The van der Waals surface area contributed by atoms with Crippen LogP contribution >= 0.6 is 0 Å². The van der Waals surface area contributed by atoms with Crippen molar-refractivity contribution < 1.29 is 9.53 Å². The van der Waals surface area contributed by atoms with Gasteiger partial charge in [0.1, 0.15) is 5.56 Å². The highest BCUT2D eigenvalue weighted by molar-refractivity contribution is 5.91. The van der Waals surface area contributed by atoms with Gasteiger partial charge in [-0.15, -0.1) is 0 Å². The summed E-state index contributed by atoms with van der Waals surface area (Å²) in [7, 11) is 1.34. The number of rotatable bonds is 2. The molecule has 0 atom stereocenters. The van der Waals surface area contributed by atoms with Crippen molar-refractivity contribution in [2.45, 2.75) is 13.8 Å². The largest absolute Gasteiger partial charge is 0.465 e. The molecule has 2 rings (SSSR count). The maximum absolute atomic E-state index is 11.6. The Morgan fingerprint density at radius 1 is 1.29 bits per heavy atom. The third kappa shape index (κ3) is 1.89. The Morgan fingerprint density at radius 2 is 1.94 bits per heavy atom. The van der Waals surface area contributed by atoms with E-state index < -0.39 is 5.97 Å². The molecule has 0 aliphatic heterocycles. The first-order valence-electron chi connectivity index (χ1n) is 5.07. The molecule has 0 aromatic carbocycles. The summed E-state index contributed by atoms with van der Waals surface area (Å²) in [5.74, 6) is 0.0328. The lowest BCUT2D eigenvalue weighted by atomic mass is 10.2. The highest BCUT2D eigenvalue weighted by atomic mass is 16.5. The van der Waals surface area contributed by atoms with Crippen molar-refractivity contribution in [3.05, 3.63) is 35.4 Å². The van der Waals surface area contributed by atoms with E-state index in [0.29, 0.717) is 22.9 Å². The first kappa shape index (κ1) is 11.3. The van der Waals surface area contributed by atoms with E-state index >= 15 is 0 Å². The Kier molecular flexibility index (Phi) is 2.86. The van der Waals surface area contributed by atoms with Crippen LogP contribution < -0.4 is 0 Å². The van der Waals surface area contributed by atoms with Crippen LogP contribution in [0.2, 0.25) is 0 Å². The van der Waals surface area contributed by atoms with E-state index in [0.717, 1.165) is 0 Å². The molecule has 0 aliphatic carbocycles. The number of ether oxygens (including phenoxy) is 1. The number of methoxy groups -OCH3 is 1. The van der Waals surface area contributed by atoms with Gasteiger partial charge in [0, 0.05) is 12.4 Å². The van der Waals surface area contributed by atoms with Gasteiger partial charge in [0.15, 0.2) is 0 Å². The fraction of sp³-hybridized carbons (Fsp3) is 0.273. The summed E-state index contributed by atoms with van der Waals surface area (Å²) in [4.78, 5) is 19.8. The fourth-order valence-corrected chi connectivity index (χ4v) is 1.64. The average Bonchev–Trinajstić information content (AvgIpc) is 2.65. The van der Waals surface area contributed by atoms with Crippen LogP contribution in [-0.4, -0.2) is 32.8 Å². The number of carbonyl (C=O) groups excluding carboxylic acids is 1. The highest BCUT2D eigenvalue weighted by Gasteiger charge is 2.20. The van der Waals surface area contributed by atoms with Gasteiger partial charge >= 0.3 is 5.97 Å². The first-order chi connectivity index (χ1) is 8.15. The van der Waals surface area contributed by atoms with E-state index in [1.807, 2.05) is 0 Å². The van der Waals surface area contributed by atoms with Crippen molar-refractivity contribution in [2.75, 3.05) is 7.11 Å². The molecule has 0 N–H and O–H groups in total. The summed E-state index contributed by atoms with van der Waals surface area (Å²) in [6.45, 7) is 3.53. The molecule has 6 heteroatoms. The van der Waals surface area contributed by atoms with Gasteiger partial charge in [-0.25, -0.2) is 19.4 Å². The Hall–Kier alpha value is -2.24. The molecule has 88 valence electrons. The molecule has 0 amide bonds. The van der Waals surface area contributed by atoms with Gasteiger partial charge in [-0.2, -0.15) is 5.10 Å². The molecular formula is C11H12N4O2. The minimum atomic E-state index is -0.401. The monoisotopic (exact) mass is 232 g/mol. The number of aromatic nitrogens is 4. The van der Waals surface area contributed by atoms with Crippen LogP contribution in [0.1, 0.15) is 21.7 Å². The number of carbonyl (C=O) groups is 1. The van der Waals surface area contributed by atoms with E-state index in [1.165, 1.54) is 11.8 Å². The molecule has 0 radical (unpaired) electrons. The zero-order valence-corrected chi connectivity index (χ0v) is 9.84. The molecule has 2 aromatic heterocycles. The molecule has 0 aliphatic rings. The molecule has 0 saturated carbocycles.